The van der Waals surface area contributed by atoms with Gasteiger partial charge in [-0.25, -0.2) is 4.57 Å². The fourth-order valence-corrected chi connectivity index (χ4v) is 6.24. The number of phosphoric ester groups is 1. The number of ether oxygens (including phenoxy) is 1. The lowest BCUT2D eigenvalue weighted by Gasteiger charge is -2.15. The second kappa shape index (κ2) is 40.4. The van der Waals surface area contributed by atoms with Crippen LogP contribution in [-0.4, -0.2) is 54.3 Å². The van der Waals surface area contributed by atoms with Gasteiger partial charge in [-0.05, 0) is 77.0 Å². The Morgan fingerprint density at radius 1 is 0.593 bits per heavy atom. The normalized spacial score (nSPS) is 13.9. The van der Waals surface area contributed by atoms with Crippen molar-refractivity contribution in [1.82, 2.24) is 5.32 Å². The van der Waals surface area contributed by atoms with E-state index < -0.39 is 26.5 Å². The Bertz CT molecular complexity index is 1070. The van der Waals surface area contributed by atoms with Crippen LogP contribution >= 0.6 is 7.82 Å². The zero-order valence-corrected chi connectivity index (χ0v) is 35.0. The van der Waals surface area contributed by atoms with Crippen molar-refractivity contribution < 1.29 is 37.9 Å². The Morgan fingerprint density at radius 2 is 1.06 bits per heavy atom. The van der Waals surface area contributed by atoms with Gasteiger partial charge in [0.05, 0.1) is 13.2 Å². The summed E-state index contributed by atoms with van der Waals surface area (Å²) in [5.74, 6) is -0.566. The van der Waals surface area contributed by atoms with Gasteiger partial charge in [-0.15, -0.1) is 0 Å². The summed E-state index contributed by atoms with van der Waals surface area (Å²) in [6, 6.07) is 0. The average Bonchev–Trinajstić information content (AvgIpc) is 3.16. The molecule has 0 aliphatic carbocycles. The molecule has 54 heavy (non-hydrogen) atoms. The summed E-state index contributed by atoms with van der Waals surface area (Å²) < 4.78 is 26.8. The molecule has 0 aromatic heterocycles. The molecule has 10 heteroatoms. The van der Waals surface area contributed by atoms with Crippen molar-refractivity contribution in [2.45, 2.75) is 180 Å². The molecule has 3 N–H and O–H groups in total. The monoisotopic (exact) mass is 780 g/mol. The number of hydrogen-bond acceptors (Lipinski definition) is 7. The lowest BCUT2D eigenvalue weighted by atomic mass is 10.1. The summed E-state index contributed by atoms with van der Waals surface area (Å²) in [7, 11) is -4.43. The molecule has 0 spiro atoms. The first-order chi connectivity index (χ1) is 26.3. The topological polar surface area (TPSA) is 131 Å². The van der Waals surface area contributed by atoms with Crippen LogP contribution in [-0.2, 0) is 27.9 Å². The predicted molar refractivity (Wildman–Crippen MR) is 224 cm³/mol. The van der Waals surface area contributed by atoms with E-state index in [9.17, 15) is 24.2 Å². The molecular formula is C44H78NO8P. The zero-order valence-electron chi connectivity index (χ0n) is 34.1. The van der Waals surface area contributed by atoms with Gasteiger partial charge in [0.1, 0.15) is 12.7 Å². The van der Waals surface area contributed by atoms with E-state index in [0.29, 0.717) is 12.8 Å². The molecule has 0 heterocycles. The summed E-state index contributed by atoms with van der Waals surface area (Å²) in [5, 5.41) is 12.7. The molecule has 1 amide bonds. The highest BCUT2D eigenvalue weighted by atomic mass is 31.2. The summed E-state index contributed by atoms with van der Waals surface area (Å²) in [6.45, 7) is 3.37. The molecule has 0 radical (unpaired) electrons. The molecular weight excluding hydrogens is 701 g/mol. The van der Waals surface area contributed by atoms with Crippen molar-refractivity contribution in [1.29, 1.82) is 0 Å². The second-order valence-corrected chi connectivity index (χ2v) is 15.4. The molecule has 0 bridgehead atoms. The molecule has 0 rings (SSSR count). The molecule has 2 atom stereocenters. The third-order valence-corrected chi connectivity index (χ3v) is 9.67. The van der Waals surface area contributed by atoms with Crippen molar-refractivity contribution in [2.24, 2.45) is 0 Å². The van der Waals surface area contributed by atoms with Crippen LogP contribution < -0.4 is 5.32 Å². The minimum absolute atomic E-state index is 0.0721. The van der Waals surface area contributed by atoms with Crippen molar-refractivity contribution in [3.05, 3.63) is 60.8 Å². The number of carbonyl (C=O) groups excluding carboxylic acids is 2. The number of rotatable bonds is 39. The molecule has 0 aromatic rings. The van der Waals surface area contributed by atoms with Crippen molar-refractivity contribution >= 4 is 19.7 Å². The number of aliphatic hydroxyl groups is 1. The van der Waals surface area contributed by atoms with Gasteiger partial charge in [-0.3, -0.25) is 18.6 Å². The van der Waals surface area contributed by atoms with Crippen LogP contribution in [0.5, 0.6) is 0 Å². The van der Waals surface area contributed by atoms with Crippen LogP contribution in [0, 0.1) is 0 Å². The van der Waals surface area contributed by atoms with Crippen LogP contribution in [0.2, 0.25) is 0 Å². The maximum atomic E-state index is 12.1. The molecule has 0 saturated heterocycles. The fraction of sp³-hybridized carbons (Fsp3) is 0.727. The van der Waals surface area contributed by atoms with E-state index >= 15 is 0 Å². The van der Waals surface area contributed by atoms with Gasteiger partial charge in [0.2, 0.25) is 5.91 Å². The van der Waals surface area contributed by atoms with E-state index in [4.69, 9.17) is 13.8 Å². The van der Waals surface area contributed by atoms with E-state index in [2.05, 4.69) is 79.9 Å². The number of amides is 1. The van der Waals surface area contributed by atoms with Gasteiger partial charge in [-0.2, -0.15) is 0 Å². The maximum Gasteiger partial charge on any atom is 0.472 e. The second-order valence-electron chi connectivity index (χ2n) is 13.9. The fourth-order valence-electron chi connectivity index (χ4n) is 5.48. The summed E-state index contributed by atoms with van der Waals surface area (Å²) in [4.78, 5) is 33.9. The highest BCUT2D eigenvalue weighted by Crippen LogP contribution is 2.42. The Hall–Kier alpha value is -2.29. The Labute approximate surface area is 329 Å². The predicted octanol–water partition coefficient (Wildman–Crippen LogP) is 11.7. The standard InChI is InChI=1S/C44H78NO8P/c1-3-5-7-9-11-13-15-17-19-20-21-23-24-26-28-30-32-34-36-43(47)45-38-39-52-54(49,50)53-41-42(46)40-51-44(48)37-35-33-31-29-27-25-22-18-16-14-12-10-8-6-4-2/h6,8,12,14,18-20,22,27,29,42,46H,3-5,7,9-11,13,15-17,21,23-26,28,30-41H2,1-2H3,(H,45,47)(H,49,50)/b8-6-,14-12-,20-19-,22-18-,29-27-. The van der Waals surface area contributed by atoms with Gasteiger partial charge >= 0.3 is 13.8 Å². The van der Waals surface area contributed by atoms with Crippen LogP contribution in [0.4, 0.5) is 0 Å². The third-order valence-electron chi connectivity index (χ3n) is 8.68. The van der Waals surface area contributed by atoms with Crippen LogP contribution in [0.15, 0.2) is 60.8 Å². The highest BCUT2D eigenvalue weighted by molar-refractivity contribution is 7.47. The van der Waals surface area contributed by atoms with E-state index in [0.717, 1.165) is 57.8 Å². The number of esters is 1. The molecule has 0 aliphatic heterocycles. The summed E-state index contributed by atoms with van der Waals surface area (Å²) in [6.07, 6.45) is 47.3. The minimum atomic E-state index is -4.43. The van der Waals surface area contributed by atoms with Gasteiger partial charge in [-0.1, -0.05) is 145 Å². The van der Waals surface area contributed by atoms with Crippen molar-refractivity contribution in [2.75, 3.05) is 26.4 Å². The number of hydrogen-bond donors (Lipinski definition) is 3. The van der Waals surface area contributed by atoms with Gasteiger partial charge in [0.15, 0.2) is 0 Å². The lowest BCUT2D eigenvalue weighted by molar-refractivity contribution is -0.147. The van der Waals surface area contributed by atoms with E-state index in [1.807, 2.05) is 0 Å². The quantitative estimate of drug-likeness (QED) is 0.0243. The first-order valence-corrected chi connectivity index (χ1v) is 22.8. The van der Waals surface area contributed by atoms with Gasteiger partial charge in [0, 0.05) is 19.4 Å². The van der Waals surface area contributed by atoms with Gasteiger partial charge < -0.3 is 20.1 Å². The number of aliphatic hydroxyl groups excluding tert-OH is 1. The number of phosphoric acid groups is 1. The number of nitrogens with one attached hydrogen (secondary N) is 1. The van der Waals surface area contributed by atoms with Crippen LogP contribution in [0.25, 0.3) is 0 Å². The van der Waals surface area contributed by atoms with Gasteiger partial charge in [0.25, 0.3) is 0 Å². The van der Waals surface area contributed by atoms with Crippen LogP contribution in [0.1, 0.15) is 174 Å². The molecule has 0 aromatic carbocycles. The van der Waals surface area contributed by atoms with E-state index in [-0.39, 0.29) is 32.1 Å². The highest BCUT2D eigenvalue weighted by Gasteiger charge is 2.23. The largest absolute Gasteiger partial charge is 0.472 e. The smallest absolute Gasteiger partial charge is 0.463 e. The maximum absolute atomic E-state index is 12.1. The minimum Gasteiger partial charge on any atom is -0.463 e. The zero-order chi connectivity index (χ0) is 39.6. The lowest BCUT2D eigenvalue weighted by Crippen LogP contribution is -2.27. The Balaban J connectivity index is 3.66. The Kier molecular flexibility index (Phi) is 38.7. The molecule has 0 saturated carbocycles. The SMILES string of the molecule is CC/C=C\C/C=C\C/C=C\C/C=C\CCCCC(=O)OCC(O)COP(=O)(O)OCCNC(=O)CCCCCCCCC/C=C\CCCCCCCCC. The number of allylic oxidation sites excluding steroid dienone is 10. The van der Waals surface area contributed by atoms with Crippen LogP contribution in [0.3, 0.4) is 0 Å². The first-order valence-electron chi connectivity index (χ1n) is 21.3. The average molecular weight is 780 g/mol. The molecule has 9 nitrogen and oxygen atoms in total. The summed E-state index contributed by atoms with van der Waals surface area (Å²) in [5.41, 5.74) is 0. The third kappa shape index (κ3) is 40.9. The molecule has 2 unspecified atom stereocenters. The number of unbranched alkanes of at least 4 members (excludes halogenated alkanes) is 16. The Morgan fingerprint density at radius 3 is 1.63 bits per heavy atom. The first kappa shape index (κ1) is 51.7. The van der Waals surface area contributed by atoms with E-state index in [1.165, 1.54) is 83.5 Å². The summed E-state index contributed by atoms with van der Waals surface area (Å²) >= 11 is 0. The molecule has 0 aliphatic rings. The molecule has 0 fully saturated rings. The van der Waals surface area contributed by atoms with E-state index in [1.54, 1.807) is 0 Å². The van der Waals surface area contributed by atoms with Crippen molar-refractivity contribution in [3.8, 4) is 0 Å². The number of carbonyl (C=O) groups is 2. The molecule has 312 valence electrons. The van der Waals surface area contributed by atoms with Crippen molar-refractivity contribution in [3.63, 3.8) is 0 Å².